The van der Waals surface area contributed by atoms with Crippen LogP contribution >= 0.6 is 0 Å². The molecule has 1 aliphatic heterocycles. The van der Waals surface area contributed by atoms with Crippen molar-refractivity contribution in [2.24, 2.45) is 5.41 Å². The molecule has 0 bridgehead atoms. The fraction of sp³-hybridized carbons (Fsp3) is 0.512. The smallest absolute Gasteiger partial charge is 0.187 e. The molecular formula is C41H60O7. The Labute approximate surface area is 289 Å². The highest BCUT2D eigenvalue weighted by atomic mass is 16.7. The van der Waals surface area contributed by atoms with Crippen LogP contribution in [0.25, 0.3) is 0 Å². The van der Waals surface area contributed by atoms with Gasteiger partial charge in [-0.3, -0.25) is 0 Å². The molecule has 0 aromatic rings. The Morgan fingerprint density at radius 1 is 0.792 bits per heavy atom. The van der Waals surface area contributed by atoms with E-state index in [1.165, 1.54) is 11.1 Å². The highest BCUT2D eigenvalue weighted by Gasteiger charge is 2.44. The number of hydrogen-bond donors (Lipinski definition) is 5. The van der Waals surface area contributed by atoms with Gasteiger partial charge >= 0.3 is 0 Å². The second-order valence-electron chi connectivity index (χ2n) is 14.5. The van der Waals surface area contributed by atoms with Gasteiger partial charge in [-0.05, 0) is 79.2 Å². The van der Waals surface area contributed by atoms with Crippen LogP contribution in [-0.4, -0.2) is 74.0 Å². The summed E-state index contributed by atoms with van der Waals surface area (Å²) in [6, 6.07) is 0. The fourth-order valence-corrected chi connectivity index (χ4v) is 5.69. The van der Waals surface area contributed by atoms with Gasteiger partial charge in [0, 0.05) is 0 Å². The summed E-state index contributed by atoms with van der Waals surface area (Å²) in [5.74, 6) is 0. The first kappa shape index (κ1) is 41.3. The van der Waals surface area contributed by atoms with Crippen molar-refractivity contribution in [3.05, 3.63) is 119 Å². The first-order chi connectivity index (χ1) is 22.3. The maximum absolute atomic E-state index is 10.6. The maximum Gasteiger partial charge on any atom is 0.187 e. The Morgan fingerprint density at radius 3 is 1.81 bits per heavy atom. The van der Waals surface area contributed by atoms with Gasteiger partial charge in [0.15, 0.2) is 6.29 Å². The predicted molar refractivity (Wildman–Crippen MR) is 196 cm³/mol. The van der Waals surface area contributed by atoms with E-state index in [4.69, 9.17) is 9.47 Å². The van der Waals surface area contributed by atoms with E-state index < -0.39 is 42.4 Å². The van der Waals surface area contributed by atoms with Crippen molar-refractivity contribution in [1.82, 2.24) is 0 Å². The van der Waals surface area contributed by atoms with E-state index in [0.717, 1.165) is 35.1 Å². The van der Waals surface area contributed by atoms with Crippen molar-refractivity contribution in [2.75, 3.05) is 0 Å². The molecule has 1 aliphatic carbocycles. The van der Waals surface area contributed by atoms with E-state index in [1.807, 2.05) is 56.4 Å². The third-order valence-corrected chi connectivity index (χ3v) is 8.57. The lowest BCUT2D eigenvalue weighted by Gasteiger charge is -2.41. The number of aliphatic hydroxyl groups excluding tert-OH is 4. The number of rotatable bonds is 13. The minimum atomic E-state index is -1.45. The van der Waals surface area contributed by atoms with Crippen molar-refractivity contribution in [3.8, 4) is 0 Å². The van der Waals surface area contributed by atoms with Crippen LogP contribution < -0.4 is 0 Å². The largest absolute Gasteiger partial charge is 0.393 e. The van der Waals surface area contributed by atoms with E-state index in [0.29, 0.717) is 0 Å². The third-order valence-electron chi connectivity index (χ3n) is 8.57. The molecule has 0 aromatic carbocycles. The molecule has 1 saturated heterocycles. The van der Waals surface area contributed by atoms with Gasteiger partial charge in [-0.1, -0.05) is 127 Å². The minimum Gasteiger partial charge on any atom is -0.393 e. The number of ether oxygens (including phenoxy) is 2. The number of allylic oxidation sites excluding steroid dienone is 18. The summed E-state index contributed by atoms with van der Waals surface area (Å²) in [7, 11) is 0. The van der Waals surface area contributed by atoms with Gasteiger partial charge in [0.05, 0.1) is 17.8 Å². The lowest BCUT2D eigenvalue weighted by molar-refractivity contribution is -0.309. The highest BCUT2D eigenvalue weighted by Crippen LogP contribution is 2.41. The summed E-state index contributed by atoms with van der Waals surface area (Å²) in [5, 5.41) is 51.1. The van der Waals surface area contributed by atoms with Gasteiger partial charge in [-0.25, -0.2) is 0 Å². The van der Waals surface area contributed by atoms with Crippen molar-refractivity contribution in [1.29, 1.82) is 0 Å². The zero-order valence-electron chi connectivity index (χ0n) is 30.6. The molecule has 266 valence electrons. The summed E-state index contributed by atoms with van der Waals surface area (Å²) >= 11 is 0. The lowest BCUT2D eigenvalue weighted by Crippen LogP contribution is -2.58. The molecule has 1 unspecified atom stereocenters. The van der Waals surface area contributed by atoms with Crippen LogP contribution in [0.4, 0.5) is 0 Å². The molecular weight excluding hydrogens is 604 g/mol. The molecule has 1 fully saturated rings. The molecule has 0 radical (unpaired) electrons. The first-order valence-corrected chi connectivity index (χ1v) is 16.9. The van der Waals surface area contributed by atoms with Gasteiger partial charge in [-0.15, -0.1) is 0 Å². The normalized spacial score (nSPS) is 29.5. The van der Waals surface area contributed by atoms with Crippen LogP contribution in [-0.2, 0) is 9.47 Å². The van der Waals surface area contributed by atoms with Crippen LogP contribution in [0, 0.1) is 5.41 Å². The summed E-state index contributed by atoms with van der Waals surface area (Å²) in [4.78, 5) is 0. The van der Waals surface area contributed by atoms with Crippen molar-refractivity contribution in [2.45, 2.75) is 131 Å². The summed E-state index contributed by atoms with van der Waals surface area (Å²) in [6.07, 6.45) is 22.5. The monoisotopic (exact) mass is 664 g/mol. The molecule has 2 rings (SSSR count). The Morgan fingerprint density at radius 2 is 1.29 bits per heavy atom. The van der Waals surface area contributed by atoms with Crippen LogP contribution in [0.5, 0.6) is 0 Å². The third kappa shape index (κ3) is 13.6. The molecule has 5 N–H and O–H groups in total. The second kappa shape index (κ2) is 18.8. The standard InChI is InChI=1S/C41H60O7/c1-27(17-13-19-29(3)21-23-34-31(5)25-33(42)26-40(34,7)8)15-11-12-16-28(2)18-14-20-30(4)22-24-35(41(9,10)46)48-39-38(45)37(44)36(43)32(6)47-39/h11-24,32-33,35-39,42-46H,25-26H2,1-10H3/b12-11+,17-13-,18-14-,23-21+,24-22+,27-15+,28-16+,29-19-,30-20-/t32-,33+,35?,36-,37+,38+,39-/m0/s1. The van der Waals surface area contributed by atoms with Crippen LogP contribution in [0.2, 0.25) is 0 Å². The Kier molecular flexibility index (Phi) is 16.1. The molecule has 0 spiro atoms. The van der Waals surface area contributed by atoms with E-state index in [-0.39, 0.29) is 11.5 Å². The van der Waals surface area contributed by atoms with Gasteiger partial charge in [0.2, 0.25) is 0 Å². The second-order valence-corrected chi connectivity index (χ2v) is 14.5. The minimum absolute atomic E-state index is 0.0233. The van der Waals surface area contributed by atoms with E-state index >= 15 is 0 Å². The molecule has 2 aliphatic rings. The van der Waals surface area contributed by atoms with Gasteiger partial charge in [0.1, 0.15) is 24.4 Å². The van der Waals surface area contributed by atoms with E-state index in [1.54, 1.807) is 26.8 Å². The Bertz CT molecular complexity index is 1370. The molecule has 0 aromatic heterocycles. The quantitative estimate of drug-likeness (QED) is 0.134. The molecule has 7 heteroatoms. The molecule has 7 nitrogen and oxygen atoms in total. The van der Waals surface area contributed by atoms with Crippen LogP contribution in [0.1, 0.15) is 82.1 Å². The summed E-state index contributed by atoms with van der Waals surface area (Å²) in [5.41, 5.74) is 5.55. The zero-order valence-corrected chi connectivity index (χ0v) is 30.6. The molecule has 48 heavy (non-hydrogen) atoms. The van der Waals surface area contributed by atoms with Crippen molar-refractivity contribution < 1.29 is 35.0 Å². The molecule has 0 saturated carbocycles. The van der Waals surface area contributed by atoms with Crippen LogP contribution in [0.3, 0.4) is 0 Å². The average Bonchev–Trinajstić information content (AvgIpc) is 2.97. The average molecular weight is 665 g/mol. The van der Waals surface area contributed by atoms with E-state index in [9.17, 15) is 25.5 Å². The highest BCUT2D eigenvalue weighted by molar-refractivity contribution is 5.38. The molecule has 0 amide bonds. The van der Waals surface area contributed by atoms with Gasteiger partial charge in [-0.2, -0.15) is 0 Å². The zero-order chi connectivity index (χ0) is 36.2. The maximum atomic E-state index is 10.6. The van der Waals surface area contributed by atoms with E-state index in [2.05, 4.69) is 71.1 Å². The molecule has 1 heterocycles. The Balaban J connectivity index is 1.93. The van der Waals surface area contributed by atoms with Crippen molar-refractivity contribution in [3.63, 3.8) is 0 Å². The summed E-state index contributed by atoms with van der Waals surface area (Å²) in [6.45, 7) is 19.4. The predicted octanol–water partition coefficient (Wildman–Crippen LogP) is 7.03. The van der Waals surface area contributed by atoms with Gasteiger partial charge in [0.25, 0.3) is 0 Å². The first-order valence-electron chi connectivity index (χ1n) is 16.9. The fourth-order valence-electron chi connectivity index (χ4n) is 5.69. The topological polar surface area (TPSA) is 120 Å². The Hall–Kier alpha value is -2.88. The van der Waals surface area contributed by atoms with Crippen LogP contribution in [0.15, 0.2) is 119 Å². The lowest BCUT2D eigenvalue weighted by atomic mass is 9.71. The molecule has 7 atom stereocenters. The van der Waals surface area contributed by atoms with Crippen molar-refractivity contribution >= 4 is 0 Å². The summed E-state index contributed by atoms with van der Waals surface area (Å²) < 4.78 is 11.4. The number of hydrogen-bond acceptors (Lipinski definition) is 7. The van der Waals surface area contributed by atoms with Gasteiger partial charge < -0.3 is 35.0 Å². The number of aliphatic hydroxyl groups is 5. The SMILES string of the molecule is CC1=C(/C=C/C(C)=C\C=C/C(C)=C/C=C/C=C(C)/C=C\C=C(C)/C=C/C(O[C@@H]2O[C@@H](C)[C@H](O)[C@@H](O)[C@H]2O)C(C)(C)O)C(C)(C)C[C@H](O)C1.